The number of aryl methyl sites for hydroxylation is 1. The molecule has 1 fully saturated rings. The van der Waals surface area contributed by atoms with Gasteiger partial charge in [-0.2, -0.15) is 0 Å². The zero-order chi connectivity index (χ0) is 12.4. The Bertz CT molecular complexity index is 524. The SMILES string of the molecule is CCc1ccc2nc(CC3CCNCC3)[nH]c2c1. The number of piperidine rings is 1. The van der Waals surface area contributed by atoms with Crippen LogP contribution in [0.5, 0.6) is 0 Å². The van der Waals surface area contributed by atoms with Crippen LogP contribution in [0.4, 0.5) is 0 Å². The third-order valence-electron chi connectivity index (χ3n) is 3.94. The molecular formula is C15H21N3. The van der Waals surface area contributed by atoms with Crippen LogP contribution < -0.4 is 5.32 Å². The number of imidazole rings is 1. The minimum atomic E-state index is 0.789. The van der Waals surface area contributed by atoms with Crippen molar-refractivity contribution in [3.05, 3.63) is 29.6 Å². The van der Waals surface area contributed by atoms with E-state index in [0.717, 1.165) is 43.2 Å². The predicted octanol–water partition coefficient (Wildman–Crippen LogP) is 2.67. The van der Waals surface area contributed by atoms with E-state index >= 15 is 0 Å². The van der Waals surface area contributed by atoms with Gasteiger partial charge in [-0.15, -0.1) is 0 Å². The van der Waals surface area contributed by atoms with Crippen LogP contribution in [0.25, 0.3) is 11.0 Å². The highest BCUT2D eigenvalue weighted by Crippen LogP contribution is 2.19. The van der Waals surface area contributed by atoms with Crippen molar-refractivity contribution in [3.63, 3.8) is 0 Å². The Morgan fingerprint density at radius 1 is 1.28 bits per heavy atom. The first kappa shape index (κ1) is 11.7. The summed E-state index contributed by atoms with van der Waals surface area (Å²) in [6, 6.07) is 6.54. The molecule has 1 aromatic carbocycles. The third kappa shape index (κ3) is 2.41. The van der Waals surface area contributed by atoms with Crippen LogP contribution in [0.15, 0.2) is 18.2 Å². The van der Waals surface area contributed by atoms with E-state index in [4.69, 9.17) is 4.98 Å². The zero-order valence-electron chi connectivity index (χ0n) is 11.0. The summed E-state index contributed by atoms with van der Waals surface area (Å²) < 4.78 is 0. The fourth-order valence-corrected chi connectivity index (χ4v) is 2.79. The van der Waals surface area contributed by atoms with E-state index in [9.17, 15) is 0 Å². The molecular weight excluding hydrogens is 222 g/mol. The maximum absolute atomic E-state index is 4.71. The van der Waals surface area contributed by atoms with E-state index in [-0.39, 0.29) is 0 Å². The van der Waals surface area contributed by atoms with Crippen molar-refractivity contribution in [2.75, 3.05) is 13.1 Å². The van der Waals surface area contributed by atoms with Gasteiger partial charge < -0.3 is 10.3 Å². The summed E-state index contributed by atoms with van der Waals surface area (Å²) in [5.74, 6) is 1.95. The maximum Gasteiger partial charge on any atom is 0.107 e. The molecule has 1 aromatic heterocycles. The third-order valence-corrected chi connectivity index (χ3v) is 3.94. The van der Waals surface area contributed by atoms with E-state index in [2.05, 4.69) is 35.4 Å². The molecule has 1 saturated heterocycles. The molecule has 0 bridgehead atoms. The van der Waals surface area contributed by atoms with Crippen molar-refractivity contribution >= 4 is 11.0 Å². The number of benzene rings is 1. The van der Waals surface area contributed by atoms with E-state index in [1.807, 2.05) is 0 Å². The summed E-state index contributed by atoms with van der Waals surface area (Å²) in [6.07, 6.45) is 4.73. The summed E-state index contributed by atoms with van der Waals surface area (Å²) >= 11 is 0. The highest BCUT2D eigenvalue weighted by Gasteiger charge is 2.15. The van der Waals surface area contributed by atoms with E-state index in [1.165, 1.54) is 23.9 Å². The lowest BCUT2D eigenvalue weighted by Crippen LogP contribution is -2.28. The van der Waals surface area contributed by atoms with Gasteiger partial charge in [-0.1, -0.05) is 13.0 Å². The van der Waals surface area contributed by atoms with E-state index < -0.39 is 0 Å². The molecule has 2 N–H and O–H groups in total. The molecule has 18 heavy (non-hydrogen) atoms. The largest absolute Gasteiger partial charge is 0.342 e. The number of aromatic amines is 1. The fourth-order valence-electron chi connectivity index (χ4n) is 2.79. The number of nitrogens with zero attached hydrogens (tertiary/aromatic N) is 1. The van der Waals surface area contributed by atoms with Gasteiger partial charge in [0.15, 0.2) is 0 Å². The van der Waals surface area contributed by atoms with E-state index in [1.54, 1.807) is 0 Å². The molecule has 3 heteroatoms. The second kappa shape index (κ2) is 5.11. The normalized spacial score (nSPS) is 17.4. The van der Waals surface area contributed by atoms with Crippen molar-refractivity contribution in [1.82, 2.24) is 15.3 Å². The van der Waals surface area contributed by atoms with Gasteiger partial charge in [0.1, 0.15) is 5.82 Å². The number of hydrogen-bond donors (Lipinski definition) is 2. The Morgan fingerprint density at radius 3 is 2.89 bits per heavy atom. The summed E-state index contributed by atoms with van der Waals surface area (Å²) in [4.78, 5) is 8.19. The van der Waals surface area contributed by atoms with Gasteiger partial charge in [-0.25, -0.2) is 4.98 Å². The topological polar surface area (TPSA) is 40.7 Å². The molecule has 0 amide bonds. The van der Waals surface area contributed by atoms with E-state index in [0.29, 0.717) is 0 Å². The molecule has 2 aromatic rings. The van der Waals surface area contributed by atoms with Gasteiger partial charge in [0.2, 0.25) is 0 Å². The van der Waals surface area contributed by atoms with Crippen LogP contribution in [0.3, 0.4) is 0 Å². The molecule has 0 atom stereocenters. The fraction of sp³-hybridized carbons (Fsp3) is 0.533. The van der Waals surface area contributed by atoms with Gasteiger partial charge in [0, 0.05) is 6.42 Å². The highest BCUT2D eigenvalue weighted by molar-refractivity contribution is 5.75. The quantitative estimate of drug-likeness (QED) is 0.870. The van der Waals surface area contributed by atoms with Gasteiger partial charge in [0.25, 0.3) is 0 Å². The van der Waals surface area contributed by atoms with Crippen LogP contribution in [0, 0.1) is 5.92 Å². The lowest BCUT2D eigenvalue weighted by atomic mass is 9.94. The summed E-state index contributed by atoms with van der Waals surface area (Å²) in [6.45, 7) is 4.50. The summed E-state index contributed by atoms with van der Waals surface area (Å²) in [5, 5.41) is 3.41. The van der Waals surface area contributed by atoms with Crippen molar-refractivity contribution in [3.8, 4) is 0 Å². The van der Waals surface area contributed by atoms with Crippen LogP contribution in [0.1, 0.15) is 31.2 Å². The number of hydrogen-bond acceptors (Lipinski definition) is 2. The molecule has 0 spiro atoms. The van der Waals surface area contributed by atoms with Gasteiger partial charge >= 0.3 is 0 Å². The molecule has 3 nitrogen and oxygen atoms in total. The average molecular weight is 243 g/mol. The predicted molar refractivity (Wildman–Crippen MR) is 74.8 cm³/mol. The molecule has 3 rings (SSSR count). The van der Waals surface area contributed by atoms with Gasteiger partial charge in [-0.3, -0.25) is 0 Å². The van der Waals surface area contributed by atoms with Gasteiger partial charge in [-0.05, 0) is 56.0 Å². The lowest BCUT2D eigenvalue weighted by Gasteiger charge is -2.21. The Hall–Kier alpha value is -1.35. The molecule has 0 radical (unpaired) electrons. The minimum absolute atomic E-state index is 0.789. The minimum Gasteiger partial charge on any atom is -0.342 e. The van der Waals surface area contributed by atoms with Crippen LogP contribution in [-0.2, 0) is 12.8 Å². The Kier molecular flexibility index (Phi) is 3.33. The molecule has 0 aliphatic carbocycles. The van der Waals surface area contributed by atoms with Crippen molar-refractivity contribution < 1.29 is 0 Å². The first-order chi connectivity index (χ1) is 8.85. The number of nitrogens with one attached hydrogen (secondary N) is 2. The number of aromatic nitrogens is 2. The summed E-state index contributed by atoms with van der Waals surface area (Å²) in [5.41, 5.74) is 3.67. The Labute approximate surface area is 108 Å². The van der Waals surface area contributed by atoms with Gasteiger partial charge in [0.05, 0.1) is 11.0 Å². The Morgan fingerprint density at radius 2 is 2.11 bits per heavy atom. The van der Waals surface area contributed by atoms with Crippen LogP contribution in [-0.4, -0.2) is 23.1 Å². The second-order valence-corrected chi connectivity index (χ2v) is 5.29. The molecule has 0 unspecified atom stereocenters. The van der Waals surface area contributed by atoms with Crippen LogP contribution >= 0.6 is 0 Å². The summed E-state index contributed by atoms with van der Waals surface area (Å²) in [7, 11) is 0. The molecule has 0 saturated carbocycles. The average Bonchev–Trinajstić information content (AvgIpc) is 2.80. The lowest BCUT2D eigenvalue weighted by molar-refractivity contribution is 0.368. The smallest absolute Gasteiger partial charge is 0.107 e. The molecule has 1 aliphatic rings. The monoisotopic (exact) mass is 243 g/mol. The highest BCUT2D eigenvalue weighted by atomic mass is 14.9. The zero-order valence-corrected chi connectivity index (χ0v) is 11.0. The Balaban J connectivity index is 1.79. The van der Waals surface area contributed by atoms with Crippen molar-refractivity contribution in [2.24, 2.45) is 5.92 Å². The van der Waals surface area contributed by atoms with Crippen molar-refractivity contribution in [2.45, 2.75) is 32.6 Å². The van der Waals surface area contributed by atoms with Crippen LogP contribution in [0.2, 0.25) is 0 Å². The maximum atomic E-state index is 4.71. The molecule has 1 aliphatic heterocycles. The number of rotatable bonds is 3. The first-order valence-electron chi connectivity index (χ1n) is 7.03. The number of H-pyrrole nitrogens is 1. The molecule has 96 valence electrons. The van der Waals surface area contributed by atoms with Crippen molar-refractivity contribution in [1.29, 1.82) is 0 Å². The first-order valence-corrected chi connectivity index (χ1v) is 7.03. The number of fused-ring (bicyclic) bond motifs is 1. The second-order valence-electron chi connectivity index (χ2n) is 5.29. The standard InChI is InChI=1S/C15H21N3/c1-2-11-3-4-13-14(9-11)18-15(17-13)10-12-5-7-16-8-6-12/h3-4,9,12,16H,2,5-8,10H2,1H3,(H,17,18). The molecule has 2 heterocycles.